The fourth-order valence-electron chi connectivity index (χ4n) is 3.08. The van der Waals surface area contributed by atoms with Gasteiger partial charge in [-0.05, 0) is 25.0 Å². The lowest BCUT2D eigenvalue weighted by Gasteiger charge is -2.38. The second-order valence-electron chi connectivity index (χ2n) is 5.98. The number of carbonyl (C=O) groups is 2. The van der Waals surface area contributed by atoms with E-state index in [0.717, 1.165) is 12.1 Å². The number of likely N-dealkylation sites (N-methyl/N-ethyl adjacent to an activating group) is 1. The van der Waals surface area contributed by atoms with Crippen molar-refractivity contribution >= 4 is 17.5 Å². The molecule has 0 saturated carbocycles. The van der Waals surface area contributed by atoms with Gasteiger partial charge in [0.05, 0.1) is 12.5 Å². The van der Waals surface area contributed by atoms with Crippen LogP contribution in [0.25, 0.3) is 0 Å². The Morgan fingerprint density at radius 2 is 2.05 bits per heavy atom. The molecule has 1 N–H and O–H groups in total. The third kappa shape index (κ3) is 2.60. The van der Waals surface area contributed by atoms with E-state index in [4.69, 9.17) is 0 Å². The predicted molar refractivity (Wildman–Crippen MR) is 80.9 cm³/mol. The quantitative estimate of drug-likeness (QED) is 0.837. The largest absolute Gasteiger partial charge is 0.382 e. The molecule has 112 valence electrons. The predicted octanol–water partition coefficient (Wildman–Crippen LogP) is 0.960. The van der Waals surface area contributed by atoms with Crippen LogP contribution >= 0.6 is 0 Å². The van der Waals surface area contributed by atoms with Gasteiger partial charge in [0.1, 0.15) is 0 Å². The molecule has 0 bridgehead atoms. The van der Waals surface area contributed by atoms with Crippen LogP contribution in [0.15, 0.2) is 24.3 Å². The molecule has 2 heterocycles. The summed E-state index contributed by atoms with van der Waals surface area (Å²) in [6.45, 7) is 3.50. The lowest BCUT2D eigenvalue weighted by Crippen LogP contribution is -2.54. The van der Waals surface area contributed by atoms with Gasteiger partial charge in [0, 0.05) is 31.9 Å². The zero-order valence-corrected chi connectivity index (χ0v) is 12.5. The highest BCUT2D eigenvalue weighted by molar-refractivity contribution is 5.88. The maximum absolute atomic E-state index is 12.7. The van der Waals surface area contributed by atoms with Gasteiger partial charge in [-0.3, -0.25) is 9.59 Å². The molecule has 2 aliphatic heterocycles. The van der Waals surface area contributed by atoms with Crippen LogP contribution in [0.1, 0.15) is 12.5 Å². The Hall–Kier alpha value is -2.04. The van der Waals surface area contributed by atoms with Crippen LogP contribution in [-0.4, -0.2) is 54.3 Å². The molecular formula is C16H21N3O2. The zero-order chi connectivity index (χ0) is 15.0. The lowest BCUT2D eigenvalue weighted by molar-refractivity contribution is -0.146. The lowest BCUT2D eigenvalue weighted by atomic mass is 9.87. The number of para-hydroxylation sites is 1. The summed E-state index contributed by atoms with van der Waals surface area (Å²) in [7, 11) is 1.78. The maximum atomic E-state index is 12.7. The Kier molecular flexibility index (Phi) is 3.57. The standard InChI is InChI=1S/C16H21N3O2/c1-11-13(9-12-5-3-4-6-14(12)17-11)16(21)19-8-7-18(2)15(20)10-19/h3-6,11,13,17H,7-10H2,1-2H3. The van der Waals surface area contributed by atoms with Crippen LogP contribution in [0.2, 0.25) is 0 Å². The molecule has 1 saturated heterocycles. The molecular weight excluding hydrogens is 266 g/mol. The summed E-state index contributed by atoms with van der Waals surface area (Å²) in [5, 5.41) is 3.41. The summed E-state index contributed by atoms with van der Waals surface area (Å²) in [6.07, 6.45) is 0.740. The molecule has 2 aliphatic rings. The first-order chi connectivity index (χ1) is 10.1. The van der Waals surface area contributed by atoms with Crippen LogP contribution < -0.4 is 5.32 Å². The van der Waals surface area contributed by atoms with Gasteiger partial charge in [-0.15, -0.1) is 0 Å². The van der Waals surface area contributed by atoms with Gasteiger partial charge >= 0.3 is 0 Å². The average Bonchev–Trinajstić information content (AvgIpc) is 2.48. The Morgan fingerprint density at radius 3 is 2.81 bits per heavy atom. The first kappa shape index (κ1) is 13.9. The summed E-state index contributed by atoms with van der Waals surface area (Å²) >= 11 is 0. The minimum Gasteiger partial charge on any atom is -0.382 e. The van der Waals surface area contributed by atoms with E-state index in [2.05, 4.69) is 11.4 Å². The number of benzene rings is 1. The first-order valence-corrected chi connectivity index (χ1v) is 7.43. The number of fused-ring (bicyclic) bond motifs is 1. The Bertz CT molecular complexity index is 572. The van der Waals surface area contributed by atoms with Gasteiger partial charge in [-0.2, -0.15) is 0 Å². The van der Waals surface area contributed by atoms with Gasteiger partial charge in [-0.1, -0.05) is 18.2 Å². The molecule has 1 fully saturated rings. The van der Waals surface area contributed by atoms with Gasteiger partial charge in [0.2, 0.25) is 11.8 Å². The SMILES string of the molecule is CC1Nc2ccccc2CC1C(=O)N1CCN(C)C(=O)C1. The fourth-order valence-corrected chi connectivity index (χ4v) is 3.08. The number of nitrogens with zero attached hydrogens (tertiary/aromatic N) is 2. The van der Waals surface area contributed by atoms with Crippen molar-refractivity contribution in [3.05, 3.63) is 29.8 Å². The number of rotatable bonds is 1. The Balaban J connectivity index is 1.75. The van der Waals surface area contributed by atoms with E-state index in [0.29, 0.717) is 13.1 Å². The maximum Gasteiger partial charge on any atom is 0.241 e. The highest BCUT2D eigenvalue weighted by Gasteiger charge is 2.35. The zero-order valence-electron chi connectivity index (χ0n) is 12.5. The van der Waals surface area contributed by atoms with Crippen molar-refractivity contribution in [2.24, 2.45) is 5.92 Å². The van der Waals surface area contributed by atoms with Gasteiger partial charge in [0.15, 0.2) is 0 Å². The third-order valence-electron chi connectivity index (χ3n) is 4.53. The summed E-state index contributed by atoms with van der Waals surface area (Å²) in [5.74, 6) is 0.00785. The average molecular weight is 287 g/mol. The summed E-state index contributed by atoms with van der Waals surface area (Å²) in [4.78, 5) is 27.9. The van der Waals surface area contributed by atoms with Crippen molar-refractivity contribution in [3.63, 3.8) is 0 Å². The molecule has 1 aromatic carbocycles. The topological polar surface area (TPSA) is 52.7 Å². The van der Waals surface area contributed by atoms with Crippen molar-refractivity contribution in [1.82, 2.24) is 9.80 Å². The molecule has 2 atom stereocenters. The molecule has 3 rings (SSSR count). The van der Waals surface area contributed by atoms with Crippen molar-refractivity contribution in [3.8, 4) is 0 Å². The van der Waals surface area contributed by atoms with Crippen molar-refractivity contribution in [2.45, 2.75) is 19.4 Å². The van der Waals surface area contributed by atoms with Crippen LogP contribution in [0, 0.1) is 5.92 Å². The molecule has 21 heavy (non-hydrogen) atoms. The third-order valence-corrected chi connectivity index (χ3v) is 4.53. The normalized spacial score (nSPS) is 25.3. The second kappa shape index (κ2) is 5.39. The number of nitrogens with one attached hydrogen (secondary N) is 1. The highest BCUT2D eigenvalue weighted by atomic mass is 16.2. The van der Waals surface area contributed by atoms with Crippen LogP contribution in [-0.2, 0) is 16.0 Å². The molecule has 0 spiro atoms. The van der Waals surface area contributed by atoms with Crippen LogP contribution in [0.3, 0.4) is 0 Å². The molecule has 2 amide bonds. The Morgan fingerprint density at radius 1 is 1.29 bits per heavy atom. The molecule has 0 aromatic heterocycles. The number of hydrogen-bond donors (Lipinski definition) is 1. The van der Waals surface area contributed by atoms with Gasteiger partial charge in [-0.25, -0.2) is 0 Å². The van der Waals surface area contributed by atoms with E-state index >= 15 is 0 Å². The van der Waals surface area contributed by atoms with E-state index in [-0.39, 0.29) is 30.3 Å². The van der Waals surface area contributed by atoms with E-state index in [1.165, 1.54) is 5.56 Å². The monoisotopic (exact) mass is 287 g/mol. The second-order valence-corrected chi connectivity index (χ2v) is 5.98. The first-order valence-electron chi connectivity index (χ1n) is 7.43. The van der Waals surface area contributed by atoms with Gasteiger partial charge in [0.25, 0.3) is 0 Å². The molecule has 2 unspecified atom stereocenters. The molecule has 1 aromatic rings. The molecule has 0 radical (unpaired) electrons. The minimum atomic E-state index is -0.101. The fraction of sp³-hybridized carbons (Fsp3) is 0.500. The number of anilines is 1. The summed E-state index contributed by atoms with van der Waals surface area (Å²) in [5.41, 5.74) is 2.29. The molecule has 0 aliphatic carbocycles. The van der Waals surface area contributed by atoms with Crippen molar-refractivity contribution in [1.29, 1.82) is 0 Å². The number of carbonyl (C=O) groups excluding carboxylic acids is 2. The number of hydrogen-bond acceptors (Lipinski definition) is 3. The number of amides is 2. The van der Waals surface area contributed by atoms with E-state index in [9.17, 15) is 9.59 Å². The minimum absolute atomic E-state index is 0.0198. The summed E-state index contributed by atoms with van der Waals surface area (Å²) < 4.78 is 0. The van der Waals surface area contributed by atoms with E-state index in [1.54, 1.807) is 16.8 Å². The molecule has 5 nitrogen and oxygen atoms in total. The van der Waals surface area contributed by atoms with E-state index < -0.39 is 0 Å². The summed E-state index contributed by atoms with van der Waals surface area (Å²) in [6, 6.07) is 8.19. The van der Waals surface area contributed by atoms with Crippen molar-refractivity contribution in [2.75, 3.05) is 32.0 Å². The highest BCUT2D eigenvalue weighted by Crippen LogP contribution is 2.29. The smallest absolute Gasteiger partial charge is 0.241 e. The van der Waals surface area contributed by atoms with Crippen LogP contribution in [0.4, 0.5) is 5.69 Å². The molecule has 5 heteroatoms. The van der Waals surface area contributed by atoms with Gasteiger partial charge < -0.3 is 15.1 Å². The number of piperazine rings is 1. The van der Waals surface area contributed by atoms with E-state index in [1.807, 2.05) is 25.1 Å². The Labute approximate surface area is 124 Å². The van der Waals surface area contributed by atoms with Crippen LogP contribution in [0.5, 0.6) is 0 Å². The van der Waals surface area contributed by atoms with Crippen molar-refractivity contribution < 1.29 is 9.59 Å².